The molecule has 0 bridgehead atoms. The van der Waals surface area contributed by atoms with E-state index in [9.17, 15) is 0 Å². The summed E-state index contributed by atoms with van der Waals surface area (Å²) in [7, 11) is 1.68. The largest absolute Gasteiger partial charge is 0.497 e. The fraction of sp³-hybridized carbons (Fsp3) is 0.571. The van der Waals surface area contributed by atoms with Crippen LogP contribution in [0.15, 0.2) is 24.3 Å². The molecule has 1 fully saturated rings. The van der Waals surface area contributed by atoms with E-state index in [1.54, 1.807) is 7.11 Å². The van der Waals surface area contributed by atoms with Crippen molar-refractivity contribution in [3.8, 4) is 5.75 Å². The topological polar surface area (TPSA) is 30.5 Å². The fourth-order valence-electron chi connectivity index (χ4n) is 1.93. The third-order valence-electron chi connectivity index (χ3n) is 3.06. The number of hydrogen-bond acceptors (Lipinski definition) is 3. The Morgan fingerprint density at radius 1 is 1.33 bits per heavy atom. The Morgan fingerprint density at radius 3 is 2.50 bits per heavy atom. The van der Waals surface area contributed by atoms with Gasteiger partial charge in [-0.3, -0.25) is 5.32 Å². The van der Waals surface area contributed by atoms with Crippen LogP contribution in [0.2, 0.25) is 0 Å². The molecule has 1 heterocycles. The summed E-state index contributed by atoms with van der Waals surface area (Å²) in [6.07, 6.45) is 1.04. The smallest absolute Gasteiger partial charge is 0.118 e. The van der Waals surface area contributed by atoms with E-state index >= 15 is 0 Å². The number of rotatable bonds is 3. The maximum atomic E-state index is 5.81. The normalized spacial score (nSPS) is 22.1. The summed E-state index contributed by atoms with van der Waals surface area (Å²) in [5, 5.41) is 3.43. The summed E-state index contributed by atoms with van der Waals surface area (Å²) < 4.78 is 11.0. The number of ether oxygens (including phenoxy) is 2. The highest BCUT2D eigenvalue weighted by Crippen LogP contribution is 2.21. The molecule has 1 unspecified atom stereocenters. The summed E-state index contributed by atoms with van der Waals surface area (Å²) in [6.45, 7) is 6.25. The van der Waals surface area contributed by atoms with E-state index in [4.69, 9.17) is 9.47 Å². The second-order valence-corrected chi connectivity index (χ2v) is 5.40. The van der Waals surface area contributed by atoms with Crippen LogP contribution in [0.25, 0.3) is 0 Å². The first kappa shape index (κ1) is 15.3. The number of methoxy groups -OCH3 is 1. The van der Waals surface area contributed by atoms with Crippen molar-refractivity contribution in [2.75, 3.05) is 20.3 Å². The lowest BCUT2D eigenvalue weighted by molar-refractivity contribution is -0.0566. The van der Waals surface area contributed by atoms with Crippen LogP contribution in [0.1, 0.15) is 19.4 Å². The van der Waals surface area contributed by atoms with Gasteiger partial charge in [-0.1, -0.05) is 26.0 Å². The van der Waals surface area contributed by atoms with Crippen LogP contribution in [0.3, 0.4) is 0 Å². The standard InChI is InChI=1S/C14H21NO2.ClH/c1-14(2)9-15-13(17-10-14)8-11-4-6-12(16-3)7-5-11;/h4-7,13,15H,8-10H2,1-3H3;1H. The molecule has 1 aliphatic heterocycles. The zero-order valence-electron chi connectivity index (χ0n) is 11.2. The molecule has 18 heavy (non-hydrogen) atoms. The van der Waals surface area contributed by atoms with E-state index in [1.807, 2.05) is 12.1 Å². The van der Waals surface area contributed by atoms with Gasteiger partial charge in [0.05, 0.1) is 13.7 Å². The van der Waals surface area contributed by atoms with Crippen molar-refractivity contribution < 1.29 is 9.47 Å². The first-order chi connectivity index (χ1) is 8.09. The molecular weight excluding hydrogens is 250 g/mol. The van der Waals surface area contributed by atoms with Crippen LogP contribution < -0.4 is 10.1 Å². The molecule has 0 radical (unpaired) electrons. The van der Waals surface area contributed by atoms with Crippen LogP contribution >= 0.6 is 12.4 Å². The molecule has 102 valence electrons. The quantitative estimate of drug-likeness (QED) is 0.917. The predicted molar refractivity (Wildman–Crippen MR) is 75.5 cm³/mol. The molecule has 1 atom stereocenters. The second kappa shape index (κ2) is 6.41. The monoisotopic (exact) mass is 271 g/mol. The molecule has 0 amide bonds. The fourth-order valence-corrected chi connectivity index (χ4v) is 1.93. The second-order valence-electron chi connectivity index (χ2n) is 5.40. The van der Waals surface area contributed by atoms with Crippen molar-refractivity contribution in [1.82, 2.24) is 5.32 Å². The van der Waals surface area contributed by atoms with Crippen LogP contribution in [-0.2, 0) is 11.2 Å². The highest BCUT2D eigenvalue weighted by molar-refractivity contribution is 5.85. The molecule has 0 aromatic heterocycles. The van der Waals surface area contributed by atoms with E-state index in [1.165, 1.54) is 5.56 Å². The Kier molecular flexibility index (Phi) is 5.45. The van der Waals surface area contributed by atoms with Gasteiger partial charge in [0.1, 0.15) is 12.0 Å². The molecule has 0 spiro atoms. The average Bonchev–Trinajstić information content (AvgIpc) is 2.33. The minimum atomic E-state index is 0. The first-order valence-corrected chi connectivity index (χ1v) is 6.07. The molecular formula is C14H22ClNO2. The Balaban J connectivity index is 0.00000162. The number of benzene rings is 1. The third kappa shape index (κ3) is 4.16. The average molecular weight is 272 g/mol. The van der Waals surface area contributed by atoms with Crippen molar-refractivity contribution in [3.63, 3.8) is 0 Å². The van der Waals surface area contributed by atoms with E-state index in [2.05, 4.69) is 31.3 Å². The van der Waals surface area contributed by atoms with Gasteiger partial charge in [-0.05, 0) is 17.7 Å². The van der Waals surface area contributed by atoms with Crippen LogP contribution in [0, 0.1) is 5.41 Å². The van der Waals surface area contributed by atoms with Crippen molar-refractivity contribution in [2.45, 2.75) is 26.5 Å². The van der Waals surface area contributed by atoms with Crippen LogP contribution in [0.5, 0.6) is 5.75 Å². The molecule has 0 saturated carbocycles. The highest BCUT2D eigenvalue weighted by atomic mass is 35.5. The maximum Gasteiger partial charge on any atom is 0.118 e. The van der Waals surface area contributed by atoms with Gasteiger partial charge >= 0.3 is 0 Å². The zero-order valence-corrected chi connectivity index (χ0v) is 12.0. The van der Waals surface area contributed by atoms with Crippen molar-refractivity contribution >= 4 is 12.4 Å². The van der Waals surface area contributed by atoms with Crippen molar-refractivity contribution in [3.05, 3.63) is 29.8 Å². The Labute approximate surface area is 115 Å². The first-order valence-electron chi connectivity index (χ1n) is 6.07. The van der Waals surface area contributed by atoms with E-state index in [-0.39, 0.29) is 24.0 Å². The van der Waals surface area contributed by atoms with E-state index < -0.39 is 0 Å². The molecule has 4 heteroatoms. The summed E-state index contributed by atoms with van der Waals surface area (Å²) in [4.78, 5) is 0. The summed E-state index contributed by atoms with van der Waals surface area (Å²) in [6, 6.07) is 8.15. The number of hydrogen-bond donors (Lipinski definition) is 1. The summed E-state index contributed by atoms with van der Waals surface area (Å²) >= 11 is 0. The van der Waals surface area contributed by atoms with Gasteiger partial charge < -0.3 is 9.47 Å². The SMILES string of the molecule is COc1ccc(CC2NCC(C)(C)CO2)cc1.Cl. The highest BCUT2D eigenvalue weighted by Gasteiger charge is 2.26. The third-order valence-corrected chi connectivity index (χ3v) is 3.06. The molecule has 1 saturated heterocycles. The summed E-state index contributed by atoms with van der Waals surface area (Å²) in [5.41, 5.74) is 1.51. The molecule has 2 rings (SSSR count). The zero-order chi connectivity index (χ0) is 12.3. The van der Waals surface area contributed by atoms with Gasteiger partial charge in [0, 0.05) is 18.4 Å². The van der Waals surface area contributed by atoms with Crippen molar-refractivity contribution in [2.24, 2.45) is 5.41 Å². The Morgan fingerprint density at radius 2 is 2.00 bits per heavy atom. The Bertz CT molecular complexity index is 355. The molecule has 1 aromatic rings. The van der Waals surface area contributed by atoms with E-state index in [0.29, 0.717) is 0 Å². The molecule has 0 aliphatic carbocycles. The van der Waals surface area contributed by atoms with E-state index in [0.717, 1.165) is 25.3 Å². The van der Waals surface area contributed by atoms with Crippen molar-refractivity contribution in [1.29, 1.82) is 0 Å². The lowest BCUT2D eigenvalue weighted by Crippen LogP contribution is -2.48. The Hall–Kier alpha value is -0.770. The minimum Gasteiger partial charge on any atom is -0.497 e. The van der Waals surface area contributed by atoms with Gasteiger partial charge in [0.2, 0.25) is 0 Å². The van der Waals surface area contributed by atoms with Gasteiger partial charge in [-0.15, -0.1) is 12.4 Å². The van der Waals surface area contributed by atoms with Gasteiger partial charge in [-0.2, -0.15) is 0 Å². The lowest BCUT2D eigenvalue weighted by atomic mass is 9.93. The summed E-state index contributed by atoms with van der Waals surface area (Å²) in [5.74, 6) is 0.896. The maximum absolute atomic E-state index is 5.81. The number of halogens is 1. The van der Waals surface area contributed by atoms with Crippen LogP contribution in [0.4, 0.5) is 0 Å². The van der Waals surface area contributed by atoms with Gasteiger partial charge in [0.15, 0.2) is 0 Å². The minimum absolute atomic E-state index is 0. The predicted octanol–water partition coefficient (Wildman–Crippen LogP) is 2.63. The van der Waals surface area contributed by atoms with Gasteiger partial charge in [0.25, 0.3) is 0 Å². The molecule has 1 aromatic carbocycles. The molecule has 1 aliphatic rings. The molecule has 1 N–H and O–H groups in total. The molecule has 3 nitrogen and oxygen atoms in total. The van der Waals surface area contributed by atoms with Gasteiger partial charge in [-0.25, -0.2) is 0 Å². The lowest BCUT2D eigenvalue weighted by Gasteiger charge is -2.35. The number of nitrogens with one attached hydrogen (secondary N) is 1. The van der Waals surface area contributed by atoms with Crippen LogP contribution in [-0.4, -0.2) is 26.5 Å².